The van der Waals surface area contributed by atoms with E-state index in [0.29, 0.717) is 33.1 Å². The van der Waals surface area contributed by atoms with Crippen LogP contribution in [0.15, 0.2) is 0 Å². The van der Waals surface area contributed by atoms with E-state index in [2.05, 4.69) is 20.4 Å². The third kappa shape index (κ3) is 6.09. The van der Waals surface area contributed by atoms with Crippen molar-refractivity contribution in [3.05, 3.63) is 20.1 Å². The van der Waals surface area contributed by atoms with Crippen LogP contribution in [0.4, 0.5) is 10.3 Å². The van der Waals surface area contributed by atoms with Crippen LogP contribution < -0.4 is 11.5 Å². The zero-order valence-electron chi connectivity index (χ0n) is 11.1. The number of hydrazine groups is 1. The van der Waals surface area contributed by atoms with Crippen LogP contribution in [0.1, 0.15) is 10.0 Å². The van der Waals surface area contributed by atoms with Crippen molar-refractivity contribution in [3.63, 3.8) is 0 Å². The Labute approximate surface area is 145 Å². The Bertz CT molecular complexity index is 550. The number of nitrogens with zero attached hydrogens (tertiary/aromatic N) is 6. The molecule has 0 aliphatic rings. The Hall–Kier alpha value is -1.50. The second-order valence-corrected chi connectivity index (χ2v) is 5.95. The average Bonchev–Trinajstić information content (AvgIpc) is 2.98. The van der Waals surface area contributed by atoms with E-state index in [9.17, 15) is 10.1 Å². The molecule has 0 saturated heterocycles. The van der Waals surface area contributed by atoms with Gasteiger partial charge in [0, 0.05) is 12.8 Å². The number of nitrogen functional groups attached to an aromatic ring is 2. The Morgan fingerprint density at radius 3 is 1.64 bits per heavy atom. The van der Waals surface area contributed by atoms with Crippen LogP contribution in [-0.4, -0.2) is 43.5 Å². The Morgan fingerprint density at radius 1 is 0.955 bits per heavy atom. The molecule has 0 bridgehead atoms. The molecule has 0 aromatic carbocycles. The van der Waals surface area contributed by atoms with Crippen molar-refractivity contribution in [2.75, 3.05) is 24.6 Å². The van der Waals surface area contributed by atoms with E-state index >= 15 is 0 Å². The first kappa shape index (κ1) is 20.5. The van der Waals surface area contributed by atoms with Gasteiger partial charge in [-0.3, -0.25) is 0 Å². The van der Waals surface area contributed by atoms with Crippen LogP contribution in [0.2, 0.25) is 0 Å². The van der Waals surface area contributed by atoms with E-state index < -0.39 is 5.03 Å². The smallest absolute Gasteiger partial charge is 0.203 e. The van der Waals surface area contributed by atoms with Crippen molar-refractivity contribution in [1.82, 2.24) is 25.4 Å². The molecule has 0 saturated carbocycles. The van der Waals surface area contributed by atoms with Crippen molar-refractivity contribution in [3.8, 4) is 0 Å². The van der Waals surface area contributed by atoms with Gasteiger partial charge in [0.2, 0.25) is 10.3 Å². The zero-order valence-corrected chi connectivity index (χ0v) is 14.4. The number of nitrogens with two attached hydrogens (primary N) is 2. The largest absolute Gasteiger partial charge is 0.374 e. The van der Waals surface area contributed by atoms with Gasteiger partial charge in [-0.25, -0.2) is 10.1 Å². The predicted octanol–water partition coefficient (Wildman–Crippen LogP) is 0.677. The maximum absolute atomic E-state index is 11.0. The van der Waals surface area contributed by atoms with Gasteiger partial charge in [0.15, 0.2) is 5.03 Å². The topological polar surface area (TPSA) is 150 Å². The first-order valence-corrected chi connectivity index (χ1v) is 7.23. The standard InChI is InChI=1S/C8H12N8O2S2.2ClH/c9-7-13-11-5(19-7)1-3-15(16(17)18)4-2-6-12-14-8(10)20-6;;/h1-4H2,(H2,9,13)(H2,10,14);2*1H. The van der Waals surface area contributed by atoms with Crippen molar-refractivity contribution in [2.24, 2.45) is 0 Å². The van der Waals surface area contributed by atoms with Crippen molar-refractivity contribution < 1.29 is 5.03 Å². The van der Waals surface area contributed by atoms with Gasteiger partial charge in [-0.05, 0) is 0 Å². The number of aromatic nitrogens is 4. The van der Waals surface area contributed by atoms with E-state index in [1.54, 1.807) is 0 Å². The molecule has 2 rings (SSSR count). The van der Waals surface area contributed by atoms with Crippen LogP contribution in [-0.2, 0) is 12.8 Å². The maximum atomic E-state index is 11.0. The third-order valence-electron chi connectivity index (χ3n) is 2.36. The van der Waals surface area contributed by atoms with Gasteiger partial charge in [-0.15, -0.1) is 50.2 Å². The molecule has 0 fully saturated rings. The van der Waals surface area contributed by atoms with Gasteiger partial charge in [0.05, 0.1) is 13.1 Å². The highest BCUT2D eigenvalue weighted by Crippen LogP contribution is 2.14. The summed E-state index contributed by atoms with van der Waals surface area (Å²) in [6, 6.07) is 0. The summed E-state index contributed by atoms with van der Waals surface area (Å²) in [6.45, 7) is 0.464. The normalized spacial score (nSPS) is 9.64. The second-order valence-electron chi connectivity index (χ2n) is 3.76. The van der Waals surface area contributed by atoms with Crippen LogP contribution in [0.3, 0.4) is 0 Å². The highest BCUT2D eigenvalue weighted by Gasteiger charge is 2.16. The quantitative estimate of drug-likeness (QED) is 0.514. The molecule has 10 nitrogen and oxygen atoms in total. The van der Waals surface area contributed by atoms with E-state index in [1.165, 1.54) is 22.7 Å². The molecule has 0 unspecified atom stereocenters. The summed E-state index contributed by atoms with van der Waals surface area (Å²) >= 11 is 2.46. The summed E-state index contributed by atoms with van der Waals surface area (Å²) in [7, 11) is 0. The lowest BCUT2D eigenvalue weighted by Gasteiger charge is -2.12. The molecule has 4 N–H and O–H groups in total. The molecule has 124 valence electrons. The van der Waals surface area contributed by atoms with Gasteiger partial charge in [0.1, 0.15) is 10.0 Å². The van der Waals surface area contributed by atoms with Gasteiger partial charge >= 0.3 is 0 Å². The Balaban J connectivity index is 0.00000220. The molecule has 22 heavy (non-hydrogen) atoms. The number of anilines is 2. The highest BCUT2D eigenvalue weighted by molar-refractivity contribution is 7.15. The zero-order chi connectivity index (χ0) is 14.5. The molecule has 0 radical (unpaired) electrons. The fourth-order valence-corrected chi connectivity index (χ4v) is 2.66. The van der Waals surface area contributed by atoms with Crippen LogP contribution >= 0.6 is 47.5 Å². The fraction of sp³-hybridized carbons (Fsp3) is 0.500. The molecule has 2 heterocycles. The Kier molecular flexibility index (Phi) is 8.86. The molecule has 14 heteroatoms. The molecule has 0 aliphatic carbocycles. The molecular formula is C8H14Cl2N8O2S2. The monoisotopic (exact) mass is 388 g/mol. The van der Waals surface area contributed by atoms with E-state index in [1.807, 2.05) is 0 Å². The summed E-state index contributed by atoms with van der Waals surface area (Å²) in [6.07, 6.45) is 0.849. The van der Waals surface area contributed by atoms with Gasteiger partial charge in [-0.1, -0.05) is 22.7 Å². The summed E-state index contributed by atoms with van der Waals surface area (Å²) in [5.74, 6) is 0. The minimum atomic E-state index is -0.436. The summed E-state index contributed by atoms with van der Waals surface area (Å²) < 4.78 is 0. The molecule has 0 atom stereocenters. The second kappa shape index (κ2) is 9.50. The molecule has 0 aliphatic heterocycles. The van der Waals surface area contributed by atoms with Crippen LogP contribution in [0.5, 0.6) is 0 Å². The van der Waals surface area contributed by atoms with Crippen LogP contribution in [0, 0.1) is 10.1 Å². The summed E-state index contributed by atoms with van der Waals surface area (Å²) in [5, 5.41) is 28.7. The van der Waals surface area contributed by atoms with Crippen molar-refractivity contribution in [1.29, 1.82) is 0 Å². The molecule has 0 amide bonds. The Morgan fingerprint density at radius 2 is 1.36 bits per heavy atom. The summed E-state index contributed by atoms with van der Waals surface area (Å²) in [5.41, 5.74) is 10.9. The number of nitro groups is 1. The lowest BCUT2D eigenvalue weighted by Crippen LogP contribution is -2.33. The van der Waals surface area contributed by atoms with Crippen molar-refractivity contribution in [2.45, 2.75) is 12.8 Å². The summed E-state index contributed by atoms with van der Waals surface area (Å²) in [4.78, 5) is 11.0. The highest BCUT2D eigenvalue weighted by atomic mass is 35.5. The average molecular weight is 389 g/mol. The molecule has 0 spiro atoms. The molecule has 2 aromatic heterocycles. The molecular weight excluding hydrogens is 375 g/mol. The lowest BCUT2D eigenvalue weighted by atomic mass is 10.4. The van der Waals surface area contributed by atoms with E-state index in [-0.39, 0.29) is 37.9 Å². The minimum Gasteiger partial charge on any atom is -0.374 e. The number of hydrogen-bond acceptors (Lipinski definition) is 10. The van der Waals surface area contributed by atoms with Crippen LogP contribution in [0.25, 0.3) is 0 Å². The van der Waals surface area contributed by atoms with Gasteiger partial charge in [0.25, 0.3) is 0 Å². The molecule has 2 aromatic rings. The SMILES string of the molecule is Cl.Cl.Nc1nnc(CCN(CCc2nnc(N)s2)[N+](=O)[O-])s1. The number of hydrogen-bond donors (Lipinski definition) is 2. The number of halogens is 2. The minimum absolute atomic E-state index is 0. The van der Waals surface area contributed by atoms with Gasteiger partial charge in [-0.2, -0.15) is 0 Å². The predicted molar refractivity (Wildman–Crippen MR) is 89.1 cm³/mol. The lowest BCUT2D eigenvalue weighted by molar-refractivity contribution is -0.655. The fourth-order valence-electron chi connectivity index (χ4n) is 1.46. The van der Waals surface area contributed by atoms with E-state index in [0.717, 1.165) is 5.01 Å². The van der Waals surface area contributed by atoms with E-state index in [4.69, 9.17) is 11.5 Å². The first-order chi connectivity index (χ1) is 9.54. The third-order valence-corrected chi connectivity index (χ3v) is 3.99. The van der Waals surface area contributed by atoms with Crippen molar-refractivity contribution >= 4 is 57.8 Å². The van der Waals surface area contributed by atoms with Gasteiger partial charge < -0.3 is 11.5 Å². The first-order valence-electron chi connectivity index (χ1n) is 5.59. The maximum Gasteiger partial charge on any atom is 0.203 e. The number of rotatable bonds is 7.